The number of aryl methyl sites for hydroxylation is 1. The van der Waals surface area contributed by atoms with E-state index in [2.05, 4.69) is 29.6 Å². The van der Waals surface area contributed by atoms with Gasteiger partial charge in [0.1, 0.15) is 17.6 Å². The molecule has 0 saturated heterocycles. The second kappa shape index (κ2) is 13.1. The first-order chi connectivity index (χ1) is 17.3. The second-order valence-corrected chi connectivity index (χ2v) is 9.81. The Morgan fingerprint density at radius 1 is 1.14 bits per heavy atom. The van der Waals surface area contributed by atoms with Crippen LogP contribution in [0.1, 0.15) is 76.2 Å². The first-order valence-corrected chi connectivity index (χ1v) is 12.7. The largest absolute Gasteiger partial charge is 0.497 e. The van der Waals surface area contributed by atoms with Crippen LogP contribution in [-0.2, 0) is 14.4 Å². The maximum Gasteiger partial charge on any atom is 0.247 e. The van der Waals surface area contributed by atoms with Crippen molar-refractivity contribution in [2.75, 3.05) is 19.0 Å². The van der Waals surface area contributed by atoms with Gasteiger partial charge >= 0.3 is 0 Å². The number of anilines is 1. The summed E-state index contributed by atoms with van der Waals surface area (Å²) in [5, 5.41) is 9.57. The molecule has 2 N–H and O–H groups in total. The van der Waals surface area contributed by atoms with Crippen LogP contribution in [0.3, 0.4) is 0 Å². The number of nitrogens with one attached hydrogen (secondary N) is 2. The minimum Gasteiger partial charge on any atom is -0.497 e. The topological polar surface area (TPSA) is 114 Å². The number of carbonyl (C=O) groups excluding carboxylic acids is 3. The Morgan fingerprint density at radius 3 is 2.42 bits per heavy atom. The van der Waals surface area contributed by atoms with Crippen molar-refractivity contribution in [1.82, 2.24) is 15.4 Å². The smallest absolute Gasteiger partial charge is 0.247 e. The Morgan fingerprint density at radius 2 is 1.83 bits per heavy atom. The van der Waals surface area contributed by atoms with Crippen LogP contribution in [0, 0.1) is 12.8 Å². The third-order valence-electron chi connectivity index (χ3n) is 6.42. The van der Waals surface area contributed by atoms with E-state index >= 15 is 0 Å². The van der Waals surface area contributed by atoms with Gasteiger partial charge in [0.05, 0.1) is 7.11 Å². The fraction of sp³-hybridized carbons (Fsp3) is 0.556. The van der Waals surface area contributed by atoms with Crippen molar-refractivity contribution < 1.29 is 23.6 Å². The number of hydrogen-bond acceptors (Lipinski definition) is 6. The highest BCUT2D eigenvalue weighted by atomic mass is 16.5. The van der Waals surface area contributed by atoms with Gasteiger partial charge in [-0.15, -0.1) is 0 Å². The highest BCUT2D eigenvalue weighted by molar-refractivity contribution is 5.94. The summed E-state index contributed by atoms with van der Waals surface area (Å²) in [4.78, 5) is 41.2. The molecule has 9 heteroatoms. The molecule has 1 aliphatic rings. The van der Waals surface area contributed by atoms with Crippen molar-refractivity contribution in [3.8, 4) is 5.75 Å². The van der Waals surface area contributed by atoms with Crippen LogP contribution in [0.25, 0.3) is 0 Å². The van der Waals surface area contributed by atoms with Crippen molar-refractivity contribution in [1.29, 1.82) is 0 Å². The van der Waals surface area contributed by atoms with Crippen LogP contribution in [0.5, 0.6) is 5.75 Å². The highest BCUT2D eigenvalue weighted by Crippen LogP contribution is 2.27. The summed E-state index contributed by atoms with van der Waals surface area (Å²) in [6.45, 7) is 6.30. The van der Waals surface area contributed by atoms with Crippen LogP contribution in [0.4, 0.5) is 5.82 Å². The summed E-state index contributed by atoms with van der Waals surface area (Å²) in [6.07, 6.45) is 4.76. The molecule has 0 radical (unpaired) electrons. The van der Waals surface area contributed by atoms with E-state index in [9.17, 15) is 14.4 Å². The minimum absolute atomic E-state index is 0.0237. The number of ether oxygens (including phenoxy) is 1. The lowest BCUT2D eigenvalue weighted by Crippen LogP contribution is -2.46. The number of carbonyl (C=O) groups is 3. The van der Waals surface area contributed by atoms with Crippen molar-refractivity contribution in [2.45, 2.75) is 77.8 Å². The lowest BCUT2D eigenvalue weighted by molar-refractivity contribution is -0.142. The summed E-state index contributed by atoms with van der Waals surface area (Å²) in [7, 11) is 1.59. The predicted molar refractivity (Wildman–Crippen MR) is 136 cm³/mol. The van der Waals surface area contributed by atoms with E-state index in [1.54, 1.807) is 37.1 Å². The fourth-order valence-electron chi connectivity index (χ4n) is 4.40. The molecule has 1 atom stereocenters. The predicted octanol–water partition coefficient (Wildman–Crippen LogP) is 4.39. The van der Waals surface area contributed by atoms with Gasteiger partial charge in [0, 0.05) is 31.5 Å². The molecule has 0 unspecified atom stereocenters. The molecule has 1 saturated carbocycles. The number of rotatable bonds is 12. The Hall–Kier alpha value is -3.36. The molecule has 0 spiro atoms. The number of aromatic nitrogens is 1. The zero-order valence-corrected chi connectivity index (χ0v) is 21.7. The first-order valence-electron chi connectivity index (χ1n) is 12.7. The Labute approximate surface area is 212 Å². The zero-order valence-electron chi connectivity index (χ0n) is 21.7. The summed E-state index contributed by atoms with van der Waals surface area (Å²) in [5.41, 5.74) is 0.714. The van der Waals surface area contributed by atoms with Gasteiger partial charge in [-0.1, -0.05) is 44.0 Å². The molecular formula is C27H38N4O5. The van der Waals surface area contributed by atoms with E-state index < -0.39 is 6.04 Å². The fourth-order valence-corrected chi connectivity index (χ4v) is 4.40. The Kier molecular flexibility index (Phi) is 9.90. The molecule has 1 fully saturated rings. The summed E-state index contributed by atoms with van der Waals surface area (Å²) in [6, 6.07) is 8.19. The summed E-state index contributed by atoms with van der Waals surface area (Å²) in [5.74, 6) is 1.14. The van der Waals surface area contributed by atoms with Crippen LogP contribution < -0.4 is 15.4 Å². The SMILES string of the molecule is COc1ccc([C@H](C(=O)NC2CCCC2)N(CCC(C)C)C(=O)CCC(=O)Nc2cc(C)on2)cc1. The molecule has 1 aromatic heterocycles. The molecular weight excluding hydrogens is 460 g/mol. The number of benzene rings is 1. The number of amides is 3. The van der Waals surface area contributed by atoms with Gasteiger partial charge in [-0.3, -0.25) is 14.4 Å². The molecule has 3 rings (SSSR count). The van der Waals surface area contributed by atoms with Gasteiger partial charge in [-0.05, 0) is 49.8 Å². The van der Waals surface area contributed by atoms with Gasteiger partial charge in [0.15, 0.2) is 5.82 Å². The van der Waals surface area contributed by atoms with Crippen molar-refractivity contribution in [3.05, 3.63) is 41.7 Å². The van der Waals surface area contributed by atoms with Crippen molar-refractivity contribution in [2.24, 2.45) is 5.92 Å². The van der Waals surface area contributed by atoms with Crippen LogP contribution >= 0.6 is 0 Å². The average Bonchev–Trinajstić information content (AvgIpc) is 3.51. The number of nitrogens with zero attached hydrogens (tertiary/aromatic N) is 2. The third kappa shape index (κ3) is 7.83. The quantitative estimate of drug-likeness (QED) is 0.449. The molecule has 0 aliphatic heterocycles. The van der Waals surface area contributed by atoms with E-state index in [1.165, 1.54) is 0 Å². The van der Waals surface area contributed by atoms with E-state index in [0.29, 0.717) is 35.4 Å². The lowest BCUT2D eigenvalue weighted by Gasteiger charge is -2.33. The van der Waals surface area contributed by atoms with Crippen LogP contribution in [0.15, 0.2) is 34.9 Å². The van der Waals surface area contributed by atoms with Crippen LogP contribution in [0.2, 0.25) is 0 Å². The van der Waals surface area contributed by atoms with E-state index in [-0.39, 0.29) is 36.6 Å². The molecule has 196 valence electrons. The lowest BCUT2D eigenvalue weighted by atomic mass is 10.0. The average molecular weight is 499 g/mol. The second-order valence-electron chi connectivity index (χ2n) is 9.81. The molecule has 2 aromatic rings. The van der Waals surface area contributed by atoms with E-state index in [0.717, 1.165) is 32.1 Å². The van der Waals surface area contributed by atoms with Gasteiger partial charge in [0.2, 0.25) is 17.7 Å². The molecule has 1 heterocycles. The van der Waals surface area contributed by atoms with Gasteiger partial charge in [-0.25, -0.2) is 0 Å². The summed E-state index contributed by atoms with van der Waals surface area (Å²) < 4.78 is 10.2. The minimum atomic E-state index is -0.788. The first kappa shape index (κ1) is 27.2. The summed E-state index contributed by atoms with van der Waals surface area (Å²) >= 11 is 0. The molecule has 36 heavy (non-hydrogen) atoms. The molecule has 1 aliphatic carbocycles. The van der Waals surface area contributed by atoms with Gasteiger partial charge in [0.25, 0.3) is 0 Å². The maximum absolute atomic E-state index is 13.6. The van der Waals surface area contributed by atoms with Crippen molar-refractivity contribution in [3.63, 3.8) is 0 Å². The van der Waals surface area contributed by atoms with E-state index in [1.807, 2.05) is 12.1 Å². The normalized spacial score (nSPS) is 14.5. The molecule has 3 amide bonds. The Balaban J connectivity index is 1.79. The van der Waals surface area contributed by atoms with Crippen LogP contribution in [-0.4, -0.2) is 47.5 Å². The zero-order chi connectivity index (χ0) is 26.1. The number of hydrogen-bond donors (Lipinski definition) is 2. The molecule has 1 aromatic carbocycles. The maximum atomic E-state index is 13.6. The standard InChI is InChI=1S/C27H38N4O5/c1-18(2)15-16-31(25(33)14-13-24(32)29-23-17-19(3)36-30-23)26(20-9-11-22(35-4)12-10-20)27(34)28-21-7-5-6-8-21/h9-12,17-18,21,26H,5-8,13-16H2,1-4H3,(H,28,34)(H,29,30,32)/t26-/m1/s1. The highest BCUT2D eigenvalue weighted by Gasteiger charge is 2.33. The van der Waals surface area contributed by atoms with Gasteiger partial charge < -0.3 is 24.8 Å². The van der Waals surface area contributed by atoms with Gasteiger partial charge in [-0.2, -0.15) is 0 Å². The molecule has 9 nitrogen and oxygen atoms in total. The third-order valence-corrected chi connectivity index (χ3v) is 6.42. The Bertz CT molecular complexity index is 1010. The van der Waals surface area contributed by atoms with E-state index in [4.69, 9.17) is 9.26 Å². The number of methoxy groups -OCH3 is 1. The molecule has 0 bridgehead atoms. The van der Waals surface area contributed by atoms with Crippen molar-refractivity contribution >= 4 is 23.5 Å². The monoisotopic (exact) mass is 498 g/mol.